The molecule has 0 bridgehead atoms. The summed E-state index contributed by atoms with van der Waals surface area (Å²) in [6.45, 7) is 0. The molecular formula is C21H23NO. The second kappa shape index (κ2) is 8.76. The lowest BCUT2D eigenvalue weighted by atomic mass is 9.85. The third-order valence-electron chi connectivity index (χ3n) is 3.49. The molecule has 0 saturated carbocycles. The van der Waals surface area contributed by atoms with Crippen molar-refractivity contribution in [2.24, 2.45) is 0 Å². The largest absolute Gasteiger partial charge is 0.508 e. The van der Waals surface area contributed by atoms with Gasteiger partial charge in [-0.25, -0.2) is 0 Å². The molecule has 2 N–H and O–H groups in total. The first-order chi connectivity index (χ1) is 11.3. The van der Waals surface area contributed by atoms with Gasteiger partial charge in [-0.1, -0.05) is 72.8 Å². The summed E-state index contributed by atoms with van der Waals surface area (Å²) in [5.41, 5.74) is 3.69. The minimum Gasteiger partial charge on any atom is -0.508 e. The van der Waals surface area contributed by atoms with Crippen LogP contribution in [0.1, 0.15) is 22.6 Å². The van der Waals surface area contributed by atoms with Crippen molar-refractivity contribution in [2.45, 2.75) is 5.92 Å². The molecule has 0 fully saturated rings. The quantitative estimate of drug-likeness (QED) is 0.703. The van der Waals surface area contributed by atoms with Gasteiger partial charge in [-0.3, -0.25) is 0 Å². The number of nitrogens with one attached hydrogen (secondary N) is 1. The van der Waals surface area contributed by atoms with Crippen LogP contribution < -0.4 is 5.32 Å². The van der Waals surface area contributed by atoms with Gasteiger partial charge in [0.05, 0.1) is 0 Å². The number of phenolic OH excluding ortho intramolecular Hbond substituents is 1. The molecule has 0 saturated heterocycles. The number of hydrogen-bond donors (Lipinski definition) is 2. The lowest BCUT2D eigenvalue weighted by Crippen LogP contribution is -2.02. The Bertz CT molecular complexity index is 639. The van der Waals surface area contributed by atoms with E-state index in [4.69, 9.17) is 0 Å². The molecule has 3 aromatic rings. The molecule has 0 atom stereocenters. The zero-order valence-electron chi connectivity index (χ0n) is 13.6. The van der Waals surface area contributed by atoms with Gasteiger partial charge < -0.3 is 10.4 Å². The standard InChI is InChI=1S/C19H16O.C2H7N/c20-18-13-11-17(12-14-18)19(15-7-3-1-4-8-15)16-9-5-2-6-10-16;1-3-2/h1-14,19-20H;3H,1-2H3. The number of aromatic hydroxyl groups is 1. The fourth-order valence-electron chi connectivity index (χ4n) is 2.54. The number of phenols is 1. The van der Waals surface area contributed by atoms with Crippen LogP contribution in [0.15, 0.2) is 84.9 Å². The highest BCUT2D eigenvalue weighted by molar-refractivity contribution is 5.44. The van der Waals surface area contributed by atoms with E-state index in [9.17, 15) is 5.11 Å². The lowest BCUT2D eigenvalue weighted by molar-refractivity contribution is 0.475. The Kier molecular flexibility index (Phi) is 6.40. The third-order valence-corrected chi connectivity index (χ3v) is 3.49. The fraction of sp³-hybridized carbons (Fsp3) is 0.143. The molecule has 0 amide bonds. The summed E-state index contributed by atoms with van der Waals surface area (Å²) in [5.74, 6) is 0.492. The van der Waals surface area contributed by atoms with E-state index in [0.29, 0.717) is 5.75 Å². The molecule has 2 nitrogen and oxygen atoms in total. The van der Waals surface area contributed by atoms with E-state index in [-0.39, 0.29) is 5.92 Å². The summed E-state index contributed by atoms with van der Waals surface area (Å²) in [5, 5.41) is 12.2. The van der Waals surface area contributed by atoms with Crippen molar-refractivity contribution in [1.29, 1.82) is 0 Å². The van der Waals surface area contributed by atoms with Crippen LogP contribution in [0, 0.1) is 0 Å². The molecule has 0 spiro atoms. The van der Waals surface area contributed by atoms with Gasteiger partial charge in [0.25, 0.3) is 0 Å². The fourth-order valence-corrected chi connectivity index (χ4v) is 2.54. The predicted octanol–water partition coefficient (Wildman–Crippen LogP) is 4.41. The minimum absolute atomic E-state index is 0.193. The minimum atomic E-state index is 0.193. The van der Waals surface area contributed by atoms with Crippen LogP contribution in [0.2, 0.25) is 0 Å². The zero-order valence-corrected chi connectivity index (χ0v) is 13.6. The number of rotatable bonds is 3. The van der Waals surface area contributed by atoms with Crippen LogP contribution in [-0.2, 0) is 0 Å². The van der Waals surface area contributed by atoms with Gasteiger partial charge in [-0.2, -0.15) is 0 Å². The van der Waals surface area contributed by atoms with E-state index >= 15 is 0 Å². The molecule has 0 aliphatic carbocycles. The molecule has 23 heavy (non-hydrogen) atoms. The second-order valence-electron chi connectivity index (χ2n) is 5.35. The van der Waals surface area contributed by atoms with Crippen LogP contribution in [0.3, 0.4) is 0 Å². The van der Waals surface area contributed by atoms with Crippen molar-refractivity contribution < 1.29 is 5.11 Å². The van der Waals surface area contributed by atoms with E-state index in [1.807, 2.05) is 38.4 Å². The summed E-state index contributed by atoms with van der Waals surface area (Å²) in [6.07, 6.45) is 0. The Hall–Kier alpha value is -2.58. The Morgan fingerprint density at radius 1 is 0.609 bits per heavy atom. The van der Waals surface area contributed by atoms with Gasteiger partial charge >= 0.3 is 0 Å². The van der Waals surface area contributed by atoms with Crippen molar-refractivity contribution in [2.75, 3.05) is 14.1 Å². The smallest absolute Gasteiger partial charge is 0.115 e. The highest BCUT2D eigenvalue weighted by Crippen LogP contribution is 2.32. The Balaban J connectivity index is 0.000000595. The van der Waals surface area contributed by atoms with Gasteiger partial charge in [-0.05, 0) is 42.9 Å². The summed E-state index contributed by atoms with van der Waals surface area (Å²) in [4.78, 5) is 0. The van der Waals surface area contributed by atoms with Gasteiger partial charge in [0.15, 0.2) is 0 Å². The maximum absolute atomic E-state index is 9.48. The normalized spacial score (nSPS) is 10.0. The summed E-state index contributed by atoms with van der Waals surface area (Å²) >= 11 is 0. The van der Waals surface area contributed by atoms with E-state index in [2.05, 4.69) is 53.8 Å². The van der Waals surface area contributed by atoms with Gasteiger partial charge in [0.2, 0.25) is 0 Å². The first kappa shape index (κ1) is 16.8. The van der Waals surface area contributed by atoms with Gasteiger partial charge in [0.1, 0.15) is 5.75 Å². The average Bonchev–Trinajstić information content (AvgIpc) is 2.60. The van der Waals surface area contributed by atoms with Crippen molar-refractivity contribution in [3.63, 3.8) is 0 Å². The molecular weight excluding hydrogens is 282 g/mol. The van der Waals surface area contributed by atoms with Crippen molar-refractivity contribution in [1.82, 2.24) is 5.32 Å². The maximum atomic E-state index is 9.48. The first-order valence-electron chi connectivity index (χ1n) is 7.73. The first-order valence-corrected chi connectivity index (χ1v) is 7.73. The topological polar surface area (TPSA) is 32.3 Å². The molecule has 3 aromatic carbocycles. The zero-order chi connectivity index (χ0) is 16.5. The van der Waals surface area contributed by atoms with E-state index in [0.717, 1.165) is 0 Å². The third kappa shape index (κ3) is 4.70. The maximum Gasteiger partial charge on any atom is 0.115 e. The van der Waals surface area contributed by atoms with E-state index in [1.54, 1.807) is 12.1 Å². The molecule has 2 heteroatoms. The monoisotopic (exact) mass is 305 g/mol. The molecule has 118 valence electrons. The Morgan fingerprint density at radius 3 is 1.35 bits per heavy atom. The van der Waals surface area contributed by atoms with Crippen molar-refractivity contribution >= 4 is 0 Å². The lowest BCUT2D eigenvalue weighted by Gasteiger charge is -2.18. The second-order valence-corrected chi connectivity index (χ2v) is 5.35. The Morgan fingerprint density at radius 2 is 0.957 bits per heavy atom. The molecule has 0 radical (unpaired) electrons. The van der Waals surface area contributed by atoms with Crippen LogP contribution >= 0.6 is 0 Å². The Labute approximate surface area is 138 Å². The molecule has 0 aromatic heterocycles. The number of benzene rings is 3. The predicted molar refractivity (Wildman–Crippen MR) is 96.9 cm³/mol. The van der Waals surface area contributed by atoms with E-state index in [1.165, 1.54) is 16.7 Å². The van der Waals surface area contributed by atoms with Crippen molar-refractivity contribution in [3.05, 3.63) is 102 Å². The van der Waals surface area contributed by atoms with Crippen LogP contribution in [0.25, 0.3) is 0 Å². The van der Waals surface area contributed by atoms with Crippen LogP contribution in [0.5, 0.6) is 5.75 Å². The van der Waals surface area contributed by atoms with Crippen molar-refractivity contribution in [3.8, 4) is 5.75 Å². The molecule has 0 heterocycles. The molecule has 3 rings (SSSR count). The van der Waals surface area contributed by atoms with Crippen LogP contribution in [-0.4, -0.2) is 19.2 Å². The number of hydrogen-bond acceptors (Lipinski definition) is 2. The average molecular weight is 305 g/mol. The summed E-state index contributed by atoms with van der Waals surface area (Å²) in [6, 6.07) is 28.3. The van der Waals surface area contributed by atoms with E-state index < -0.39 is 0 Å². The molecule has 0 aliphatic rings. The summed E-state index contributed by atoms with van der Waals surface area (Å²) in [7, 11) is 3.75. The summed E-state index contributed by atoms with van der Waals surface area (Å²) < 4.78 is 0. The molecule has 0 aliphatic heterocycles. The SMILES string of the molecule is CNC.Oc1ccc(C(c2ccccc2)c2ccccc2)cc1. The van der Waals surface area contributed by atoms with Gasteiger partial charge in [0, 0.05) is 5.92 Å². The highest BCUT2D eigenvalue weighted by Gasteiger charge is 2.15. The highest BCUT2D eigenvalue weighted by atomic mass is 16.3. The van der Waals surface area contributed by atoms with Gasteiger partial charge in [-0.15, -0.1) is 0 Å². The molecule has 0 unspecified atom stereocenters. The van der Waals surface area contributed by atoms with Crippen LogP contribution in [0.4, 0.5) is 0 Å².